The first-order chi connectivity index (χ1) is 24.6. The molecule has 4 N–H and O–H groups in total. The average Bonchev–Trinajstić information content (AvgIpc) is 3.08. The number of aryl methyl sites for hydroxylation is 1. The van der Waals surface area contributed by atoms with Crippen molar-refractivity contribution < 1.29 is 53.5 Å². The van der Waals surface area contributed by atoms with Crippen LogP contribution in [0.4, 0.5) is 4.79 Å². The summed E-state index contributed by atoms with van der Waals surface area (Å²) in [6, 6.07) is 12.1. The smallest absolute Gasteiger partial charge is 0.410 e. The van der Waals surface area contributed by atoms with Crippen LogP contribution >= 0.6 is 0 Å². The Morgan fingerprint density at radius 1 is 1.00 bits per heavy atom. The molecule has 0 saturated carbocycles. The van der Waals surface area contributed by atoms with Crippen LogP contribution in [0.1, 0.15) is 71.1 Å². The number of aliphatic carboxylic acids is 2. The lowest BCUT2D eigenvalue weighted by atomic mass is 9.76. The maximum Gasteiger partial charge on any atom is 0.410 e. The standard InChI is InChI=1S/C39H53N3O11/c1-23(35(46)47)17-18-41(8)34(45)31(38(3,4)5)40-33(44)32(39(6,7)26-13-11-10-12-14-26)42(9)37(50)51-22-25-15-16-28(24(2)19-25)52-30-21-27(43)20-29(53-30)36(48)49/h10-17,19,27,29-32,43H,18,20-22H2,1-9H3,(H,40,44)(H,46,47)(H,48,49)/b23-17+. The summed E-state index contributed by atoms with van der Waals surface area (Å²) in [6.45, 7) is 12.1. The largest absolute Gasteiger partial charge is 0.479 e. The first kappa shape index (κ1) is 42.5. The van der Waals surface area contributed by atoms with Gasteiger partial charge in [-0.2, -0.15) is 0 Å². The minimum absolute atomic E-state index is 0.0137. The van der Waals surface area contributed by atoms with Gasteiger partial charge in [0.05, 0.1) is 6.10 Å². The molecule has 53 heavy (non-hydrogen) atoms. The van der Waals surface area contributed by atoms with E-state index in [0.717, 1.165) is 5.56 Å². The van der Waals surface area contributed by atoms with Gasteiger partial charge < -0.3 is 39.7 Å². The summed E-state index contributed by atoms with van der Waals surface area (Å²) in [6.07, 6.45) is -2.33. The molecule has 2 aromatic carbocycles. The zero-order valence-electron chi connectivity index (χ0n) is 31.9. The Morgan fingerprint density at radius 2 is 1.64 bits per heavy atom. The Kier molecular flexibility index (Phi) is 14.2. The number of benzene rings is 2. The monoisotopic (exact) mass is 739 g/mol. The van der Waals surface area contributed by atoms with E-state index in [4.69, 9.17) is 14.2 Å². The van der Waals surface area contributed by atoms with Crippen LogP contribution in [0.5, 0.6) is 5.75 Å². The predicted molar refractivity (Wildman–Crippen MR) is 195 cm³/mol. The van der Waals surface area contributed by atoms with Crippen LogP contribution in [-0.4, -0.2) is 106 Å². The van der Waals surface area contributed by atoms with Gasteiger partial charge in [0.15, 0.2) is 6.10 Å². The minimum Gasteiger partial charge on any atom is -0.479 e. The molecule has 1 saturated heterocycles. The van der Waals surface area contributed by atoms with E-state index < -0.39 is 71.3 Å². The number of amides is 3. The number of hydrogen-bond donors (Lipinski definition) is 4. The van der Waals surface area contributed by atoms with Gasteiger partial charge in [0.1, 0.15) is 24.4 Å². The number of carboxylic acid groups (broad SMARTS) is 2. The number of rotatable bonds is 14. The minimum atomic E-state index is -1.18. The molecule has 1 heterocycles. The van der Waals surface area contributed by atoms with Crippen LogP contribution < -0.4 is 10.1 Å². The van der Waals surface area contributed by atoms with Gasteiger partial charge in [-0.15, -0.1) is 0 Å². The van der Waals surface area contributed by atoms with Gasteiger partial charge in [-0.3, -0.25) is 14.5 Å². The topological polar surface area (TPSA) is 192 Å². The Balaban J connectivity index is 1.82. The van der Waals surface area contributed by atoms with E-state index >= 15 is 0 Å². The molecular weight excluding hydrogens is 686 g/mol. The SMILES string of the molecule is C/C(=C\CN(C)C(=O)C(NC(=O)C(N(C)C(=O)OCc1ccc(OC2CC(O)CC(C(=O)O)O2)c(C)c1)C(C)(C)c1ccccc1)C(C)(C)C)C(=O)O. The van der Waals surface area contributed by atoms with Crippen LogP contribution in [0.3, 0.4) is 0 Å². The number of aliphatic hydroxyl groups excluding tert-OH is 1. The Bertz CT molecular complexity index is 1670. The number of aliphatic hydroxyl groups is 1. The van der Waals surface area contributed by atoms with Crippen molar-refractivity contribution in [3.63, 3.8) is 0 Å². The van der Waals surface area contributed by atoms with Gasteiger partial charge in [0.25, 0.3) is 0 Å². The molecule has 290 valence electrons. The fourth-order valence-electron chi connectivity index (χ4n) is 6.08. The van der Waals surface area contributed by atoms with Crippen LogP contribution in [-0.2, 0) is 40.7 Å². The van der Waals surface area contributed by atoms with E-state index in [-0.39, 0.29) is 31.6 Å². The molecule has 0 aliphatic carbocycles. The van der Waals surface area contributed by atoms with Crippen molar-refractivity contribution >= 4 is 29.8 Å². The van der Waals surface area contributed by atoms with Gasteiger partial charge in [-0.05, 0) is 48.1 Å². The summed E-state index contributed by atoms with van der Waals surface area (Å²) in [5.41, 5.74) is 0.377. The summed E-state index contributed by atoms with van der Waals surface area (Å²) in [5.74, 6) is -2.90. The maximum atomic E-state index is 14.4. The normalized spacial score (nSPS) is 19.0. The van der Waals surface area contributed by atoms with Crippen LogP contribution in [0.2, 0.25) is 0 Å². The molecule has 5 unspecified atom stereocenters. The number of likely N-dealkylation sites (N-methyl/N-ethyl adjacent to an activating group) is 2. The molecule has 0 radical (unpaired) electrons. The molecule has 0 bridgehead atoms. The molecule has 3 amide bonds. The van der Waals surface area contributed by atoms with Crippen LogP contribution in [0.15, 0.2) is 60.2 Å². The summed E-state index contributed by atoms with van der Waals surface area (Å²) in [4.78, 5) is 67.0. The first-order valence-corrected chi connectivity index (χ1v) is 17.4. The first-order valence-electron chi connectivity index (χ1n) is 17.4. The van der Waals surface area contributed by atoms with Gasteiger partial charge in [0.2, 0.25) is 18.1 Å². The van der Waals surface area contributed by atoms with Gasteiger partial charge in [-0.1, -0.05) is 77.1 Å². The highest BCUT2D eigenvalue weighted by Gasteiger charge is 2.45. The van der Waals surface area contributed by atoms with E-state index in [1.54, 1.807) is 45.9 Å². The van der Waals surface area contributed by atoms with E-state index in [1.807, 2.05) is 44.2 Å². The molecule has 1 fully saturated rings. The van der Waals surface area contributed by atoms with Crippen molar-refractivity contribution in [3.8, 4) is 5.75 Å². The van der Waals surface area contributed by atoms with Gasteiger partial charge in [0, 0.05) is 44.5 Å². The Labute approximate surface area is 310 Å². The lowest BCUT2D eigenvalue weighted by molar-refractivity contribution is -0.195. The Morgan fingerprint density at radius 3 is 2.21 bits per heavy atom. The van der Waals surface area contributed by atoms with Crippen molar-refractivity contribution in [2.24, 2.45) is 5.41 Å². The number of nitrogens with one attached hydrogen (secondary N) is 1. The lowest BCUT2D eigenvalue weighted by Gasteiger charge is -2.41. The second-order valence-electron chi connectivity index (χ2n) is 15.1. The third-order valence-electron chi connectivity index (χ3n) is 9.31. The number of ether oxygens (including phenoxy) is 3. The fraction of sp³-hybridized carbons (Fsp3) is 0.513. The molecule has 0 spiro atoms. The molecule has 1 aliphatic rings. The maximum absolute atomic E-state index is 14.4. The Hall–Kier alpha value is -4.95. The molecular formula is C39H53N3O11. The van der Waals surface area contributed by atoms with Gasteiger partial charge in [-0.25, -0.2) is 14.4 Å². The van der Waals surface area contributed by atoms with Crippen LogP contribution in [0.25, 0.3) is 0 Å². The number of nitrogens with zero attached hydrogens (tertiary/aromatic N) is 2. The van der Waals surface area contributed by atoms with E-state index in [2.05, 4.69) is 5.32 Å². The summed E-state index contributed by atoms with van der Waals surface area (Å²) >= 11 is 0. The zero-order chi connectivity index (χ0) is 39.8. The number of carbonyl (C=O) groups is 5. The molecule has 2 aromatic rings. The summed E-state index contributed by atoms with van der Waals surface area (Å²) in [5, 5.41) is 31.5. The van der Waals surface area contributed by atoms with Crippen molar-refractivity contribution in [3.05, 3.63) is 76.9 Å². The van der Waals surface area contributed by atoms with E-state index in [1.165, 1.54) is 36.9 Å². The van der Waals surface area contributed by atoms with Crippen molar-refractivity contribution in [1.82, 2.24) is 15.1 Å². The molecule has 14 nitrogen and oxygen atoms in total. The highest BCUT2D eigenvalue weighted by molar-refractivity contribution is 5.93. The van der Waals surface area contributed by atoms with Crippen LogP contribution in [0, 0.1) is 12.3 Å². The number of carbonyl (C=O) groups excluding carboxylic acids is 3. The zero-order valence-corrected chi connectivity index (χ0v) is 31.9. The highest BCUT2D eigenvalue weighted by atomic mass is 16.7. The third-order valence-corrected chi connectivity index (χ3v) is 9.31. The molecule has 5 atom stereocenters. The van der Waals surface area contributed by atoms with E-state index in [0.29, 0.717) is 16.9 Å². The van der Waals surface area contributed by atoms with Crippen molar-refractivity contribution in [2.45, 2.75) is 104 Å². The van der Waals surface area contributed by atoms with Crippen molar-refractivity contribution in [1.29, 1.82) is 0 Å². The number of hydrogen-bond acceptors (Lipinski definition) is 9. The quantitative estimate of drug-likeness (QED) is 0.203. The fourth-order valence-corrected chi connectivity index (χ4v) is 6.08. The second kappa shape index (κ2) is 17.7. The number of carboxylic acids is 2. The summed E-state index contributed by atoms with van der Waals surface area (Å²) in [7, 11) is 2.99. The molecule has 3 rings (SSSR count). The summed E-state index contributed by atoms with van der Waals surface area (Å²) < 4.78 is 17.0. The molecule has 1 aliphatic heterocycles. The highest BCUT2D eigenvalue weighted by Crippen LogP contribution is 2.32. The van der Waals surface area contributed by atoms with Gasteiger partial charge >= 0.3 is 18.0 Å². The lowest BCUT2D eigenvalue weighted by Crippen LogP contribution is -2.62. The second-order valence-corrected chi connectivity index (χ2v) is 15.1. The third kappa shape index (κ3) is 11.3. The molecule has 0 aromatic heterocycles. The predicted octanol–water partition coefficient (Wildman–Crippen LogP) is 4.26. The average molecular weight is 740 g/mol. The van der Waals surface area contributed by atoms with Crippen molar-refractivity contribution in [2.75, 3.05) is 20.6 Å². The van der Waals surface area contributed by atoms with E-state index in [9.17, 15) is 39.3 Å². The molecule has 14 heteroatoms.